The second-order valence-electron chi connectivity index (χ2n) is 3.16. The molecule has 0 heterocycles. The molecular weight excluding hydrogens is 418 g/mol. The minimum Gasteiger partial charge on any atom is -0.494 e. The summed E-state index contributed by atoms with van der Waals surface area (Å²) in [7, 11) is 0. The molecule has 2 heteroatoms. The van der Waals surface area contributed by atoms with Gasteiger partial charge in [-0.25, -0.2) is 0 Å². The molecule has 0 radical (unpaired) electrons. The maximum Gasteiger partial charge on any atom is 0.119 e. The quantitative estimate of drug-likeness (QED) is 0.711. The van der Waals surface area contributed by atoms with Crippen LogP contribution in [0, 0.1) is 0 Å². The van der Waals surface area contributed by atoms with Crippen molar-refractivity contribution in [1.29, 1.82) is 0 Å². The van der Waals surface area contributed by atoms with Crippen LogP contribution in [0.1, 0.15) is 32.3 Å². The smallest absolute Gasteiger partial charge is 0.119 e. The van der Waals surface area contributed by atoms with E-state index in [-0.39, 0.29) is 0 Å². The molecule has 0 amide bonds. The van der Waals surface area contributed by atoms with E-state index in [1.165, 1.54) is 5.56 Å². The van der Waals surface area contributed by atoms with Crippen molar-refractivity contribution < 1.29 is 4.74 Å². The van der Waals surface area contributed by atoms with E-state index in [1.807, 2.05) is 19.1 Å². The molecule has 1 nitrogen and oxygen atoms in total. The molecule has 0 saturated carbocycles. The molecule has 0 spiro atoms. The van der Waals surface area contributed by atoms with Crippen LogP contribution in [0.2, 0.25) is 0 Å². The van der Waals surface area contributed by atoms with Crippen LogP contribution >= 0.6 is 0 Å². The standard InChI is InChI=1S/C11H16O.Bh/c1-4-12-11-7-5-10(6-8-11)9(2)3;/h5-9H,4H2,1-3H3;. The molecule has 0 unspecified atom stereocenters. The summed E-state index contributed by atoms with van der Waals surface area (Å²) in [5, 5.41) is 0. The zero-order valence-electron chi connectivity index (χ0n) is 8.71. The number of ether oxygens (including phenoxy) is 1. The van der Waals surface area contributed by atoms with Crippen LogP contribution in [-0.2, 0) is 0 Å². The molecule has 1 aromatic carbocycles. The first-order chi connectivity index (χ1) is 5.74. The van der Waals surface area contributed by atoms with Crippen molar-refractivity contribution in [3.8, 4) is 5.75 Å². The van der Waals surface area contributed by atoms with Gasteiger partial charge in [0.1, 0.15) is 5.75 Å². The topological polar surface area (TPSA) is 9.23 Å². The molecule has 1 aromatic rings. The summed E-state index contributed by atoms with van der Waals surface area (Å²) >= 11 is 0. The predicted molar refractivity (Wildman–Crippen MR) is 51.7 cm³/mol. The Labute approximate surface area is 74.4 Å². The second kappa shape index (κ2) is 4.81. The van der Waals surface area contributed by atoms with Crippen LogP contribution in [-0.4, -0.2) is 6.61 Å². The second-order valence-corrected chi connectivity index (χ2v) is 3.16. The van der Waals surface area contributed by atoms with Crippen molar-refractivity contribution in [2.24, 2.45) is 0 Å². The van der Waals surface area contributed by atoms with Gasteiger partial charge in [0.15, 0.2) is 0 Å². The summed E-state index contributed by atoms with van der Waals surface area (Å²) in [6.45, 7) is 7.11. The zero-order chi connectivity index (χ0) is 8.97. The van der Waals surface area contributed by atoms with Gasteiger partial charge in [0.05, 0.1) is 6.61 Å². The Morgan fingerprint density at radius 2 is 1.69 bits per heavy atom. The molecule has 0 atom stereocenters. The van der Waals surface area contributed by atoms with E-state index < -0.39 is 0 Å². The predicted octanol–water partition coefficient (Wildman–Crippen LogP) is 3.21. The summed E-state index contributed by atoms with van der Waals surface area (Å²) in [6, 6.07) is 8.29. The maximum absolute atomic E-state index is 5.34. The van der Waals surface area contributed by atoms with E-state index in [2.05, 4.69) is 26.0 Å². The van der Waals surface area contributed by atoms with Crippen LogP contribution < -0.4 is 4.74 Å². The third kappa shape index (κ3) is 2.86. The van der Waals surface area contributed by atoms with Gasteiger partial charge in [-0.1, -0.05) is 26.0 Å². The average Bonchev–Trinajstić information content (AvgIpc) is 2.06. The SMILES string of the molecule is CCOc1ccc(C(C)C)cc1.[Bh]. The normalized spacial score (nSPS) is 9.54. The average molecular weight is 434 g/mol. The number of benzene rings is 1. The molecule has 1 rings (SSSR count). The Balaban J connectivity index is 0.00000144. The van der Waals surface area contributed by atoms with E-state index in [0.29, 0.717) is 5.92 Å². The summed E-state index contributed by atoms with van der Waals surface area (Å²) in [6.07, 6.45) is 0. The van der Waals surface area contributed by atoms with Crippen LogP contribution in [0.5, 0.6) is 5.75 Å². The van der Waals surface area contributed by atoms with Crippen molar-refractivity contribution in [3.05, 3.63) is 29.8 Å². The van der Waals surface area contributed by atoms with Crippen molar-refractivity contribution >= 4 is 0 Å². The van der Waals surface area contributed by atoms with Gasteiger partial charge >= 0.3 is 0 Å². The van der Waals surface area contributed by atoms with E-state index >= 15 is 0 Å². The molecular formula is C11H16BhO. The van der Waals surface area contributed by atoms with Crippen molar-refractivity contribution in [2.75, 3.05) is 6.61 Å². The Morgan fingerprint density at radius 3 is 2.08 bits per heavy atom. The Kier molecular flexibility index (Phi) is 4.08. The third-order valence-electron chi connectivity index (χ3n) is 1.86. The van der Waals surface area contributed by atoms with Gasteiger partial charge in [0, 0.05) is 0 Å². The van der Waals surface area contributed by atoms with Gasteiger partial charge in [-0.05, 0) is 30.5 Å². The molecule has 0 N–H and O–H groups in total. The molecule has 0 aliphatic rings. The number of hydrogen-bond donors (Lipinski definition) is 0. The summed E-state index contributed by atoms with van der Waals surface area (Å²) in [4.78, 5) is 0. The summed E-state index contributed by atoms with van der Waals surface area (Å²) in [5.41, 5.74) is 1.36. The zero-order valence-corrected chi connectivity index (χ0v) is 15.2. The van der Waals surface area contributed by atoms with Gasteiger partial charge in [-0.2, -0.15) is 0 Å². The number of hydrogen-bond acceptors (Lipinski definition) is 1. The van der Waals surface area contributed by atoms with Gasteiger partial charge < -0.3 is 4.74 Å². The largest absolute Gasteiger partial charge is 0.494 e. The van der Waals surface area contributed by atoms with E-state index in [9.17, 15) is 0 Å². The fourth-order valence-corrected chi connectivity index (χ4v) is 1.12. The van der Waals surface area contributed by atoms with Gasteiger partial charge in [-0.3, -0.25) is 0 Å². The monoisotopic (exact) mass is 434 g/mol. The minimum atomic E-state index is 0. The number of rotatable bonds is 3. The molecule has 68 valence electrons. The van der Waals surface area contributed by atoms with Gasteiger partial charge in [-0.15, -0.1) is 0 Å². The van der Waals surface area contributed by atoms with Gasteiger partial charge in [0.25, 0.3) is 0 Å². The molecule has 0 aliphatic heterocycles. The summed E-state index contributed by atoms with van der Waals surface area (Å²) < 4.78 is 5.34. The maximum atomic E-state index is 5.34. The summed E-state index contributed by atoms with van der Waals surface area (Å²) in [5.74, 6) is 1.56. The molecule has 0 fully saturated rings. The van der Waals surface area contributed by atoms with E-state index in [0.717, 1.165) is 12.4 Å². The van der Waals surface area contributed by atoms with Crippen molar-refractivity contribution in [3.63, 3.8) is 0 Å². The van der Waals surface area contributed by atoms with E-state index in [1.54, 1.807) is 0 Å². The Morgan fingerprint density at radius 1 is 1.15 bits per heavy atom. The van der Waals surface area contributed by atoms with Crippen LogP contribution in [0.15, 0.2) is 24.3 Å². The van der Waals surface area contributed by atoms with Crippen molar-refractivity contribution in [2.45, 2.75) is 26.7 Å². The fraction of sp³-hybridized carbons (Fsp3) is 0.455. The molecule has 0 saturated heterocycles. The molecule has 0 aromatic heterocycles. The van der Waals surface area contributed by atoms with Crippen LogP contribution in [0.4, 0.5) is 0 Å². The van der Waals surface area contributed by atoms with Crippen LogP contribution in [0.3, 0.4) is 0 Å². The Hall–Kier alpha value is -1.98. The first-order valence-corrected chi connectivity index (χ1v) is 4.46. The van der Waals surface area contributed by atoms with Crippen molar-refractivity contribution in [1.82, 2.24) is 0 Å². The Bertz CT molecular complexity index is 228. The van der Waals surface area contributed by atoms with Crippen LogP contribution in [0.25, 0.3) is 0 Å². The molecule has 0 bridgehead atoms. The van der Waals surface area contributed by atoms with E-state index in [4.69, 9.17) is 4.74 Å². The minimum absolute atomic E-state index is 0. The molecule has 13 heavy (non-hydrogen) atoms. The first kappa shape index (κ1) is 11.0. The fourth-order valence-electron chi connectivity index (χ4n) is 1.12. The van der Waals surface area contributed by atoms with Gasteiger partial charge in [0.2, 0.25) is 0 Å². The third-order valence-corrected chi connectivity index (χ3v) is 1.86. The molecule has 0 aliphatic carbocycles. The first-order valence-electron chi connectivity index (χ1n) is 4.46.